The first kappa shape index (κ1) is 42.2. The first-order valence-corrected chi connectivity index (χ1v) is 26.4. The summed E-state index contributed by atoms with van der Waals surface area (Å²) in [5.41, 5.74) is 24.8. The predicted octanol–water partition coefficient (Wildman–Crippen LogP) is 18.7. The fraction of sp³-hybridized carbons (Fsp3) is 0.111. The van der Waals surface area contributed by atoms with Crippen LogP contribution in [0.25, 0.3) is 55.3 Å². The van der Waals surface area contributed by atoms with Crippen LogP contribution in [-0.4, -0.2) is 0 Å². The number of para-hydroxylation sites is 1. The van der Waals surface area contributed by atoms with Crippen LogP contribution in [0.15, 0.2) is 255 Å². The molecule has 0 aromatic heterocycles. The lowest BCUT2D eigenvalue weighted by atomic mass is 9.59. The molecule has 1 saturated carbocycles. The van der Waals surface area contributed by atoms with Crippen LogP contribution in [0.5, 0.6) is 0 Å². The minimum atomic E-state index is -0.556. The highest BCUT2D eigenvalue weighted by atomic mass is 15.1. The van der Waals surface area contributed by atoms with Crippen LogP contribution in [0.3, 0.4) is 0 Å². The number of nitrogens with zero attached hydrogens (tertiary/aromatic N) is 1. The van der Waals surface area contributed by atoms with E-state index in [4.69, 9.17) is 0 Å². The highest BCUT2D eigenvalue weighted by molar-refractivity contribution is 6.08. The van der Waals surface area contributed by atoms with Crippen LogP contribution in [0, 0.1) is 0 Å². The molecule has 4 aliphatic rings. The summed E-state index contributed by atoms with van der Waals surface area (Å²) in [5.74, 6) is 0.502. The van der Waals surface area contributed by atoms with E-state index in [1.165, 1.54) is 137 Å². The molecule has 0 aliphatic heterocycles. The standard InChI is InChI=1S/C72H53N/c1-5-22-48(23-6-1)55-31-16-20-39-68(55)73(53-41-44-60-57-32-13-17-36-63(57)71(66(60)46-53,51-27-9-3-10-28-51)52-29-11-4-12-30-52)54-42-45-61-58-33-14-18-37-64(58)72(67(61)47-54)65-38-19-15-34-59(65)62-35-21-26-50-40-43-56(70(72)69(50)62)49-24-7-2-8-25-49/h1,3-6,9-23,26-47,49H,2,7-8,24-25H2. The largest absolute Gasteiger partial charge is 0.310 e. The first-order valence-electron chi connectivity index (χ1n) is 26.4. The molecule has 1 unspecified atom stereocenters. The maximum absolute atomic E-state index is 2.61. The molecule has 1 fully saturated rings. The lowest BCUT2D eigenvalue weighted by Crippen LogP contribution is -2.34. The van der Waals surface area contributed by atoms with E-state index in [1.807, 2.05) is 0 Å². The van der Waals surface area contributed by atoms with Crippen molar-refractivity contribution in [2.75, 3.05) is 4.90 Å². The van der Waals surface area contributed by atoms with Crippen molar-refractivity contribution >= 4 is 27.8 Å². The fourth-order valence-corrected chi connectivity index (χ4v) is 14.5. The van der Waals surface area contributed by atoms with Gasteiger partial charge in [-0.05, 0) is 149 Å². The number of hydrogen-bond acceptors (Lipinski definition) is 1. The van der Waals surface area contributed by atoms with Crippen LogP contribution < -0.4 is 4.90 Å². The van der Waals surface area contributed by atoms with Gasteiger partial charge in [-0.2, -0.15) is 0 Å². The van der Waals surface area contributed by atoms with Crippen molar-refractivity contribution < 1.29 is 0 Å². The SMILES string of the molecule is c1ccc(-c2ccccc2N(c2ccc3c(c2)C(c2ccccc2)(c2ccccc2)c2ccccc2-3)c2ccc3c(c2)C2(c4ccccc4-3)c3ccccc3-c3cccc4ccc(C5CCCCC5)c2c34)cc1. The predicted molar refractivity (Wildman–Crippen MR) is 303 cm³/mol. The van der Waals surface area contributed by atoms with Crippen molar-refractivity contribution in [3.05, 3.63) is 305 Å². The zero-order chi connectivity index (χ0) is 48.1. The monoisotopic (exact) mass is 931 g/mol. The van der Waals surface area contributed by atoms with Crippen LogP contribution in [0.2, 0.25) is 0 Å². The van der Waals surface area contributed by atoms with Gasteiger partial charge in [-0.3, -0.25) is 0 Å². The van der Waals surface area contributed by atoms with Gasteiger partial charge in [0.1, 0.15) is 0 Å². The zero-order valence-electron chi connectivity index (χ0n) is 40.8. The Morgan fingerprint density at radius 1 is 0.329 bits per heavy atom. The Balaban J connectivity index is 1.04. The van der Waals surface area contributed by atoms with Gasteiger partial charge in [-0.25, -0.2) is 0 Å². The quantitative estimate of drug-likeness (QED) is 0.154. The van der Waals surface area contributed by atoms with Gasteiger partial charge in [0.15, 0.2) is 0 Å². The molecule has 11 aromatic carbocycles. The van der Waals surface area contributed by atoms with Gasteiger partial charge in [-0.15, -0.1) is 0 Å². The molecule has 0 heterocycles. The van der Waals surface area contributed by atoms with E-state index in [9.17, 15) is 0 Å². The third-order valence-electron chi connectivity index (χ3n) is 17.3. The Hall–Kier alpha value is -8.52. The highest BCUT2D eigenvalue weighted by Crippen LogP contribution is 2.65. The van der Waals surface area contributed by atoms with Crippen molar-refractivity contribution in [1.82, 2.24) is 0 Å². The summed E-state index contributed by atoms with van der Waals surface area (Å²) >= 11 is 0. The fourth-order valence-electron chi connectivity index (χ4n) is 14.5. The normalized spacial score (nSPS) is 16.6. The van der Waals surface area contributed by atoms with Crippen LogP contribution in [0.4, 0.5) is 17.1 Å². The number of fused-ring (bicyclic) bond motifs is 12. The molecule has 1 atom stereocenters. The third kappa shape index (κ3) is 5.97. The van der Waals surface area contributed by atoms with E-state index in [2.05, 4.69) is 260 Å². The maximum Gasteiger partial charge on any atom is 0.0729 e. The molecular weight excluding hydrogens is 879 g/mol. The summed E-state index contributed by atoms with van der Waals surface area (Å²) in [6.07, 6.45) is 6.34. The molecule has 0 radical (unpaired) electrons. The lowest BCUT2D eigenvalue weighted by Gasteiger charge is -2.43. The number of anilines is 3. The summed E-state index contributed by atoms with van der Waals surface area (Å²) in [4.78, 5) is 2.58. The minimum Gasteiger partial charge on any atom is -0.310 e. The van der Waals surface area contributed by atoms with E-state index < -0.39 is 10.8 Å². The average molecular weight is 932 g/mol. The summed E-state index contributed by atoms with van der Waals surface area (Å²) in [6, 6.07) is 97.0. The van der Waals surface area contributed by atoms with E-state index >= 15 is 0 Å². The minimum absolute atomic E-state index is 0.502. The second kappa shape index (κ2) is 16.5. The molecule has 73 heavy (non-hydrogen) atoms. The second-order valence-electron chi connectivity index (χ2n) is 20.8. The summed E-state index contributed by atoms with van der Waals surface area (Å²) in [7, 11) is 0. The van der Waals surface area contributed by atoms with E-state index in [1.54, 1.807) is 0 Å². The number of rotatable bonds is 7. The number of benzene rings is 11. The Morgan fingerprint density at radius 3 is 1.40 bits per heavy atom. The van der Waals surface area contributed by atoms with E-state index in [-0.39, 0.29) is 0 Å². The average Bonchev–Trinajstić information content (AvgIpc) is 3.94. The molecule has 0 N–H and O–H groups in total. The molecule has 4 aliphatic carbocycles. The Labute approximate surface area is 428 Å². The van der Waals surface area contributed by atoms with Gasteiger partial charge in [-0.1, -0.05) is 244 Å². The van der Waals surface area contributed by atoms with Gasteiger partial charge in [0.05, 0.1) is 16.5 Å². The van der Waals surface area contributed by atoms with Crippen molar-refractivity contribution in [1.29, 1.82) is 0 Å². The molecule has 15 rings (SSSR count). The smallest absolute Gasteiger partial charge is 0.0729 e. The molecule has 0 amide bonds. The molecule has 0 saturated heterocycles. The second-order valence-corrected chi connectivity index (χ2v) is 20.8. The molecule has 1 spiro atoms. The van der Waals surface area contributed by atoms with Crippen molar-refractivity contribution in [3.8, 4) is 44.5 Å². The first-order chi connectivity index (χ1) is 36.2. The molecule has 346 valence electrons. The Morgan fingerprint density at radius 2 is 0.795 bits per heavy atom. The van der Waals surface area contributed by atoms with Gasteiger partial charge >= 0.3 is 0 Å². The molecule has 0 bridgehead atoms. The molecule has 11 aromatic rings. The maximum atomic E-state index is 2.61. The summed E-state index contributed by atoms with van der Waals surface area (Å²) in [5, 5.41) is 2.74. The topological polar surface area (TPSA) is 3.24 Å². The van der Waals surface area contributed by atoms with Crippen molar-refractivity contribution in [2.45, 2.75) is 48.9 Å². The highest BCUT2D eigenvalue weighted by Gasteiger charge is 2.52. The Bertz CT molecular complexity index is 3920. The van der Waals surface area contributed by atoms with Gasteiger partial charge < -0.3 is 4.90 Å². The zero-order valence-corrected chi connectivity index (χ0v) is 40.8. The van der Waals surface area contributed by atoms with Gasteiger partial charge in [0.2, 0.25) is 0 Å². The number of hydrogen-bond donors (Lipinski definition) is 0. The molecular formula is C72H53N. The molecule has 1 heteroatoms. The van der Waals surface area contributed by atoms with Crippen LogP contribution in [-0.2, 0) is 10.8 Å². The van der Waals surface area contributed by atoms with E-state index in [0.29, 0.717) is 5.92 Å². The molecule has 1 nitrogen and oxygen atoms in total. The Kier molecular flexibility index (Phi) is 9.55. The summed E-state index contributed by atoms with van der Waals surface area (Å²) in [6.45, 7) is 0. The summed E-state index contributed by atoms with van der Waals surface area (Å²) < 4.78 is 0. The lowest BCUT2D eigenvalue weighted by molar-refractivity contribution is 0.440. The van der Waals surface area contributed by atoms with E-state index in [0.717, 1.165) is 17.1 Å². The van der Waals surface area contributed by atoms with Crippen LogP contribution in [0.1, 0.15) is 88.1 Å². The van der Waals surface area contributed by atoms with Crippen molar-refractivity contribution in [3.63, 3.8) is 0 Å². The third-order valence-corrected chi connectivity index (χ3v) is 17.3. The van der Waals surface area contributed by atoms with Gasteiger partial charge in [0, 0.05) is 16.9 Å². The van der Waals surface area contributed by atoms with Crippen LogP contribution >= 0.6 is 0 Å². The van der Waals surface area contributed by atoms with Crippen molar-refractivity contribution in [2.24, 2.45) is 0 Å². The van der Waals surface area contributed by atoms with Gasteiger partial charge in [0.25, 0.3) is 0 Å².